The van der Waals surface area contributed by atoms with Crippen molar-refractivity contribution in [3.8, 4) is 0 Å². The molecule has 2 aromatic carbocycles. The predicted molar refractivity (Wildman–Crippen MR) is 124 cm³/mol. The van der Waals surface area contributed by atoms with E-state index in [9.17, 15) is 14.4 Å². The molecule has 0 radical (unpaired) electrons. The van der Waals surface area contributed by atoms with Gasteiger partial charge in [-0.05, 0) is 29.7 Å². The van der Waals surface area contributed by atoms with E-state index in [1.807, 2.05) is 37.3 Å². The van der Waals surface area contributed by atoms with Crippen LogP contribution >= 0.6 is 23.2 Å². The zero-order chi connectivity index (χ0) is 22.5. The lowest BCUT2D eigenvalue weighted by Crippen LogP contribution is -2.42. The molecule has 9 heteroatoms. The minimum Gasteiger partial charge on any atom is -0.383 e. The number of nitrogens with zero attached hydrogens (tertiary/aromatic N) is 2. The number of rotatable bonds is 7. The highest BCUT2D eigenvalue weighted by Gasteiger charge is 2.24. The quantitative estimate of drug-likeness (QED) is 0.563. The average Bonchev–Trinajstić information content (AvgIpc) is 2.73. The fourth-order valence-electron chi connectivity index (χ4n) is 3.27. The number of hydrogen-bond acceptors (Lipinski definition) is 4. The molecule has 7 nitrogen and oxygen atoms in total. The molecule has 0 aliphatic carbocycles. The van der Waals surface area contributed by atoms with Crippen LogP contribution in [0, 0.1) is 0 Å². The number of hydrogen-bond donors (Lipinski definition) is 2. The Balaban J connectivity index is 2.02. The lowest BCUT2D eigenvalue weighted by Gasteiger charge is -2.24. The summed E-state index contributed by atoms with van der Waals surface area (Å²) < 4.78 is 1.25. The van der Waals surface area contributed by atoms with Crippen molar-refractivity contribution in [2.45, 2.75) is 26.3 Å². The summed E-state index contributed by atoms with van der Waals surface area (Å²) in [4.78, 5) is 41.8. The molecule has 3 aromatic rings. The van der Waals surface area contributed by atoms with Gasteiger partial charge >= 0.3 is 5.69 Å². The highest BCUT2D eigenvalue weighted by molar-refractivity contribution is 6.35. The molecule has 1 amide bonds. The van der Waals surface area contributed by atoms with Gasteiger partial charge in [-0.15, -0.1) is 0 Å². The average molecular weight is 461 g/mol. The number of nitrogen functional groups attached to an aromatic ring is 1. The van der Waals surface area contributed by atoms with Crippen LogP contribution in [0.4, 0.5) is 11.5 Å². The summed E-state index contributed by atoms with van der Waals surface area (Å²) in [7, 11) is 0. The first-order valence-electron chi connectivity index (χ1n) is 9.72. The van der Waals surface area contributed by atoms with E-state index in [0.29, 0.717) is 22.0 Å². The molecule has 0 unspecified atom stereocenters. The Morgan fingerprint density at radius 1 is 1.13 bits per heavy atom. The van der Waals surface area contributed by atoms with Gasteiger partial charge in [0.25, 0.3) is 5.56 Å². The Morgan fingerprint density at radius 3 is 2.48 bits per heavy atom. The number of aromatic amines is 1. The van der Waals surface area contributed by atoms with Crippen molar-refractivity contribution in [1.29, 1.82) is 0 Å². The van der Waals surface area contributed by atoms with Gasteiger partial charge in [0, 0.05) is 16.6 Å². The van der Waals surface area contributed by atoms with Crippen LogP contribution in [-0.2, 0) is 17.8 Å². The van der Waals surface area contributed by atoms with E-state index in [1.165, 1.54) is 9.47 Å². The number of benzene rings is 2. The molecule has 1 heterocycles. The van der Waals surface area contributed by atoms with Crippen molar-refractivity contribution in [3.05, 3.63) is 90.5 Å². The fourth-order valence-corrected chi connectivity index (χ4v) is 3.74. The molecule has 0 aliphatic rings. The molecule has 0 atom stereocenters. The zero-order valence-electron chi connectivity index (χ0n) is 16.9. The van der Waals surface area contributed by atoms with Gasteiger partial charge in [0.15, 0.2) is 5.69 Å². The highest BCUT2D eigenvalue weighted by Crippen LogP contribution is 2.24. The molecule has 31 heavy (non-hydrogen) atoms. The number of H-pyrrole nitrogens is 1. The summed E-state index contributed by atoms with van der Waals surface area (Å²) in [5.74, 6) is -0.435. The first kappa shape index (κ1) is 22.7. The lowest BCUT2D eigenvalue weighted by molar-refractivity contribution is -0.118. The van der Waals surface area contributed by atoms with Gasteiger partial charge in [-0.2, -0.15) is 0 Å². The van der Waals surface area contributed by atoms with Crippen LogP contribution in [0.25, 0.3) is 0 Å². The van der Waals surface area contributed by atoms with Crippen molar-refractivity contribution in [2.24, 2.45) is 0 Å². The number of anilines is 2. The smallest absolute Gasteiger partial charge is 0.330 e. The van der Waals surface area contributed by atoms with Crippen molar-refractivity contribution in [1.82, 2.24) is 9.55 Å². The second-order valence-corrected chi connectivity index (χ2v) is 7.87. The van der Waals surface area contributed by atoms with Gasteiger partial charge in [0.05, 0.1) is 13.0 Å². The van der Waals surface area contributed by atoms with Crippen LogP contribution < -0.4 is 21.9 Å². The maximum Gasteiger partial charge on any atom is 0.330 e. The van der Waals surface area contributed by atoms with Crippen molar-refractivity contribution >= 4 is 40.6 Å². The van der Waals surface area contributed by atoms with Gasteiger partial charge in [0.2, 0.25) is 5.91 Å². The second kappa shape index (κ2) is 9.85. The second-order valence-electron chi connectivity index (χ2n) is 7.02. The molecule has 0 bridgehead atoms. The number of amides is 1. The van der Waals surface area contributed by atoms with Crippen LogP contribution in [-0.4, -0.2) is 22.0 Å². The Hall–Kier alpha value is -3.03. The third kappa shape index (κ3) is 5.18. The Bertz CT molecular complexity index is 1210. The van der Waals surface area contributed by atoms with Crippen LogP contribution in [0.3, 0.4) is 0 Å². The van der Waals surface area contributed by atoms with Crippen LogP contribution in [0.2, 0.25) is 10.0 Å². The maximum atomic E-state index is 13.1. The van der Waals surface area contributed by atoms with Crippen molar-refractivity contribution in [2.75, 3.05) is 17.2 Å². The highest BCUT2D eigenvalue weighted by atomic mass is 35.5. The predicted octanol–water partition coefficient (Wildman–Crippen LogP) is 3.46. The monoisotopic (exact) mass is 460 g/mol. The summed E-state index contributed by atoms with van der Waals surface area (Å²) in [5.41, 5.74) is 6.25. The first-order valence-corrected chi connectivity index (χ1v) is 10.5. The Labute approximate surface area is 189 Å². The third-order valence-corrected chi connectivity index (χ3v) is 5.36. The van der Waals surface area contributed by atoms with Crippen molar-refractivity contribution in [3.63, 3.8) is 0 Å². The van der Waals surface area contributed by atoms with Gasteiger partial charge in [-0.1, -0.05) is 66.5 Å². The Morgan fingerprint density at radius 2 is 1.84 bits per heavy atom. The summed E-state index contributed by atoms with van der Waals surface area (Å²) in [5, 5.41) is 0.813. The van der Waals surface area contributed by atoms with Crippen LogP contribution in [0.5, 0.6) is 0 Å². The molecular weight excluding hydrogens is 439 g/mol. The summed E-state index contributed by atoms with van der Waals surface area (Å²) in [6.45, 7) is 2.28. The maximum absolute atomic E-state index is 13.1. The molecule has 1 aromatic heterocycles. The van der Waals surface area contributed by atoms with Gasteiger partial charge in [0.1, 0.15) is 5.82 Å². The van der Waals surface area contributed by atoms with E-state index in [4.69, 9.17) is 28.9 Å². The fraction of sp³-hybridized carbons (Fsp3) is 0.227. The van der Waals surface area contributed by atoms with E-state index in [2.05, 4.69) is 4.98 Å². The summed E-state index contributed by atoms with van der Waals surface area (Å²) in [6, 6.07) is 14.1. The number of carbonyl (C=O) groups excluding carboxylic acids is 1. The van der Waals surface area contributed by atoms with E-state index < -0.39 is 11.2 Å². The molecule has 0 saturated carbocycles. The number of aromatic nitrogens is 2. The number of halogens is 2. The minimum absolute atomic E-state index is 0.0486. The largest absolute Gasteiger partial charge is 0.383 e. The Kier molecular flexibility index (Phi) is 7.20. The van der Waals surface area contributed by atoms with E-state index in [0.717, 1.165) is 5.56 Å². The number of nitrogens with one attached hydrogen (secondary N) is 1. The van der Waals surface area contributed by atoms with E-state index in [-0.39, 0.29) is 36.9 Å². The standard InChI is InChI=1S/C22H22Cl2N4O3/c1-2-10-27(18(29)11-15-8-9-16(23)12-17(15)24)19-20(25)28(22(31)26-21(19)30)13-14-6-4-3-5-7-14/h3-9,12H,2,10-11,13,25H2,1H3,(H,26,30,31). The molecule has 3 rings (SSSR count). The third-order valence-electron chi connectivity index (χ3n) is 4.77. The van der Waals surface area contributed by atoms with Gasteiger partial charge in [-0.3, -0.25) is 19.1 Å². The molecular formula is C22H22Cl2N4O3. The van der Waals surface area contributed by atoms with Crippen LogP contribution in [0.15, 0.2) is 58.1 Å². The van der Waals surface area contributed by atoms with Crippen molar-refractivity contribution < 1.29 is 4.79 Å². The van der Waals surface area contributed by atoms with Crippen LogP contribution in [0.1, 0.15) is 24.5 Å². The molecule has 162 valence electrons. The minimum atomic E-state index is -0.712. The summed E-state index contributed by atoms with van der Waals surface area (Å²) >= 11 is 12.1. The molecule has 0 spiro atoms. The topological polar surface area (TPSA) is 101 Å². The molecule has 3 N–H and O–H groups in total. The lowest BCUT2D eigenvalue weighted by atomic mass is 10.1. The number of carbonyl (C=O) groups is 1. The SMILES string of the molecule is CCCN(C(=O)Cc1ccc(Cl)cc1Cl)c1c(N)n(Cc2ccccc2)c(=O)[nH]c1=O. The van der Waals surface area contributed by atoms with Gasteiger partial charge in [-0.25, -0.2) is 4.79 Å². The zero-order valence-corrected chi connectivity index (χ0v) is 18.4. The molecule has 0 fully saturated rings. The normalized spacial score (nSPS) is 10.8. The van der Waals surface area contributed by atoms with Gasteiger partial charge < -0.3 is 10.6 Å². The summed E-state index contributed by atoms with van der Waals surface area (Å²) in [6.07, 6.45) is 0.531. The van der Waals surface area contributed by atoms with E-state index in [1.54, 1.807) is 18.2 Å². The number of nitrogens with two attached hydrogens (primary N) is 1. The van der Waals surface area contributed by atoms with E-state index >= 15 is 0 Å². The molecule has 0 aliphatic heterocycles. The first-order chi connectivity index (χ1) is 14.8. The molecule has 0 saturated heterocycles.